The molecule has 1 rings (SSSR count). The molecule has 0 unspecified atom stereocenters. The van der Waals surface area contributed by atoms with E-state index in [1.54, 1.807) is 14.2 Å². The summed E-state index contributed by atoms with van der Waals surface area (Å²) in [5.74, 6) is 0. The Morgan fingerprint density at radius 1 is 0.840 bits per heavy atom. The molecule has 0 aliphatic carbocycles. The molecule has 0 saturated carbocycles. The van der Waals surface area contributed by atoms with Crippen molar-refractivity contribution in [3.63, 3.8) is 0 Å². The maximum absolute atomic E-state index is 5.77. The van der Waals surface area contributed by atoms with Gasteiger partial charge in [0.1, 0.15) is 0 Å². The third-order valence-electron chi connectivity index (χ3n) is 5.96. The Labute approximate surface area is 158 Å². The van der Waals surface area contributed by atoms with Gasteiger partial charge in [0.25, 0.3) is 0 Å². The van der Waals surface area contributed by atoms with Gasteiger partial charge in [0.05, 0.1) is 0 Å². The molecule has 0 spiro atoms. The average molecular weight is 382 g/mol. The van der Waals surface area contributed by atoms with Crippen LogP contribution in [0.3, 0.4) is 0 Å². The van der Waals surface area contributed by atoms with Crippen LogP contribution in [0.1, 0.15) is 41.5 Å². The normalized spacial score (nSPS) is 13.1. The number of benzene rings is 1. The predicted molar refractivity (Wildman–Crippen MR) is 115 cm³/mol. The SMILES string of the molecule is CO[Si](C)(CCN(c1ccccc1)[Si](C(C)C)(C(C)C)C(C)C)OC. The average Bonchev–Trinajstić information content (AvgIpc) is 2.57. The molecule has 5 heteroatoms. The van der Waals surface area contributed by atoms with Gasteiger partial charge in [0.2, 0.25) is 0 Å². The van der Waals surface area contributed by atoms with Crippen LogP contribution in [0.4, 0.5) is 5.69 Å². The molecular weight excluding hydrogens is 342 g/mol. The minimum atomic E-state index is -2.10. The molecule has 144 valence electrons. The fourth-order valence-corrected chi connectivity index (χ4v) is 13.1. The van der Waals surface area contributed by atoms with Gasteiger partial charge in [0, 0.05) is 32.5 Å². The van der Waals surface area contributed by atoms with E-state index < -0.39 is 16.8 Å². The second kappa shape index (κ2) is 9.35. The van der Waals surface area contributed by atoms with Crippen molar-refractivity contribution in [2.75, 3.05) is 25.3 Å². The fourth-order valence-electron chi connectivity index (χ4n) is 4.69. The number of hydrogen-bond acceptors (Lipinski definition) is 3. The Morgan fingerprint density at radius 3 is 1.64 bits per heavy atom. The molecule has 1 aromatic carbocycles. The molecule has 25 heavy (non-hydrogen) atoms. The molecule has 0 aliphatic rings. The second-order valence-electron chi connectivity index (χ2n) is 8.13. The molecule has 0 radical (unpaired) electrons. The molecule has 0 N–H and O–H groups in total. The zero-order chi connectivity index (χ0) is 19.3. The van der Waals surface area contributed by atoms with E-state index in [1.165, 1.54) is 5.69 Å². The van der Waals surface area contributed by atoms with E-state index in [-0.39, 0.29) is 0 Å². The third kappa shape index (κ3) is 4.76. The van der Waals surface area contributed by atoms with E-state index in [2.05, 4.69) is 83.0 Å². The Balaban J connectivity index is 3.38. The summed E-state index contributed by atoms with van der Waals surface area (Å²) >= 11 is 0. The molecule has 1 aromatic rings. The van der Waals surface area contributed by atoms with E-state index in [0.29, 0.717) is 16.6 Å². The van der Waals surface area contributed by atoms with Crippen LogP contribution in [0.5, 0.6) is 0 Å². The lowest BCUT2D eigenvalue weighted by Crippen LogP contribution is -2.61. The zero-order valence-electron chi connectivity index (χ0n) is 17.8. The van der Waals surface area contributed by atoms with Crippen LogP contribution in [0.25, 0.3) is 0 Å². The Kier molecular flexibility index (Phi) is 8.38. The first-order valence-electron chi connectivity index (χ1n) is 9.58. The lowest BCUT2D eigenvalue weighted by molar-refractivity contribution is 0.250. The topological polar surface area (TPSA) is 21.7 Å². The van der Waals surface area contributed by atoms with Gasteiger partial charge in [-0.15, -0.1) is 0 Å². The molecule has 0 bridgehead atoms. The summed E-state index contributed by atoms with van der Waals surface area (Å²) in [5, 5.41) is 0. The monoisotopic (exact) mass is 381 g/mol. The third-order valence-corrected chi connectivity index (χ3v) is 15.8. The van der Waals surface area contributed by atoms with Crippen molar-refractivity contribution in [2.45, 2.75) is 70.8 Å². The number of nitrogens with zero attached hydrogens (tertiary/aromatic N) is 1. The van der Waals surface area contributed by atoms with Crippen molar-refractivity contribution in [1.29, 1.82) is 0 Å². The van der Waals surface area contributed by atoms with E-state index in [0.717, 1.165) is 12.6 Å². The minimum absolute atomic E-state index is 0.672. The lowest BCUT2D eigenvalue weighted by atomic mass is 10.3. The zero-order valence-corrected chi connectivity index (χ0v) is 19.8. The first kappa shape index (κ1) is 22.4. The van der Waals surface area contributed by atoms with Crippen LogP contribution in [-0.2, 0) is 8.85 Å². The largest absolute Gasteiger partial charge is 0.398 e. The number of para-hydroxylation sites is 1. The number of anilines is 1. The van der Waals surface area contributed by atoms with E-state index in [9.17, 15) is 0 Å². The standard InChI is InChI=1S/C20H39NO2Si2/c1-17(2)25(18(3)4,19(5)6)21(20-13-11-10-12-14-20)15-16-24(9,22-7)23-8/h10-14,17-19H,15-16H2,1-9H3. The Morgan fingerprint density at radius 2 is 1.28 bits per heavy atom. The van der Waals surface area contributed by atoms with Crippen molar-refractivity contribution in [3.8, 4) is 0 Å². The van der Waals surface area contributed by atoms with Crippen molar-refractivity contribution in [3.05, 3.63) is 30.3 Å². The fraction of sp³-hybridized carbons (Fsp3) is 0.700. The highest BCUT2D eigenvalue weighted by Crippen LogP contribution is 2.46. The predicted octanol–water partition coefficient (Wildman–Crippen LogP) is 6.03. The lowest BCUT2D eigenvalue weighted by Gasteiger charge is -2.52. The van der Waals surface area contributed by atoms with Crippen LogP contribution < -0.4 is 4.57 Å². The summed E-state index contributed by atoms with van der Waals surface area (Å²) in [5.41, 5.74) is 3.37. The van der Waals surface area contributed by atoms with Gasteiger partial charge < -0.3 is 13.4 Å². The molecule has 0 atom stereocenters. The van der Waals surface area contributed by atoms with Crippen LogP contribution in [0, 0.1) is 0 Å². The molecule has 0 amide bonds. The van der Waals surface area contributed by atoms with Crippen molar-refractivity contribution < 1.29 is 8.85 Å². The minimum Gasteiger partial charge on any atom is -0.398 e. The Hall–Kier alpha value is -0.626. The van der Waals surface area contributed by atoms with Crippen LogP contribution in [0.15, 0.2) is 30.3 Å². The molecule has 0 fully saturated rings. The number of hydrogen-bond donors (Lipinski definition) is 0. The van der Waals surface area contributed by atoms with E-state index >= 15 is 0 Å². The van der Waals surface area contributed by atoms with E-state index in [1.807, 2.05) is 0 Å². The van der Waals surface area contributed by atoms with Gasteiger partial charge in [-0.1, -0.05) is 59.7 Å². The molecule has 3 nitrogen and oxygen atoms in total. The second-order valence-corrected chi connectivity index (χ2v) is 17.5. The van der Waals surface area contributed by atoms with Crippen LogP contribution >= 0.6 is 0 Å². The van der Waals surface area contributed by atoms with Gasteiger partial charge >= 0.3 is 8.56 Å². The van der Waals surface area contributed by atoms with Gasteiger partial charge in [-0.25, -0.2) is 0 Å². The van der Waals surface area contributed by atoms with Crippen molar-refractivity contribution in [2.24, 2.45) is 0 Å². The molecule has 0 saturated heterocycles. The van der Waals surface area contributed by atoms with Crippen molar-refractivity contribution in [1.82, 2.24) is 0 Å². The van der Waals surface area contributed by atoms with Crippen LogP contribution in [-0.4, -0.2) is 37.6 Å². The molecule has 0 aromatic heterocycles. The number of rotatable bonds is 10. The first-order valence-corrected chi connectivity index (χ1v) is 14.3. The van der Waals surface area contributed by atoms with Crippen molar-refractivity contribution >= 4 is 22.5 Å². The molecular formula is C20H39NO2Si2. The quantitative estimate of drug-likeness (QED) is 0.462. The molecule has 0 aliphatic heterocycles. The van der Waals surface area contributed by atoms with Gasteiger partial charge in [-0.05, 0) is 35.3 Å². The summed E-state index contributed by atoms with van der Waals surface area (Å²) in [4.78, 5) is 0. The highest BCUT2D eigenvalue weighted by atomic mass is 28.4. The van der Waals surface area contributed by atoms with E-state index in [4.69, 9.17) is 8.85 Å². The Bertz CT molecular complexity index is 480. The van der Waals surface area contributed by atoms with Gasteiger partial charge in [0.15, 0.2) is 8.24 Å². The summed E-state index contributed by atoms with van der Waals surface area (Å²) < 4.78 is 14.3. The highest BCUT2D eigenvalue weighted by molar-refractivity contribution is 6.86. The van der Waals surface area contributed by atoms with Gasteiger partial charge in [-0.3, -0.25) is 0 Å². The summed E-state index contributed by atoms with van der Waals surface area (Å²) in [6, 6.07) is 11.9. The molecule has 0 heterocycles. The van der Waals surface area contributed by atoms with Gasteiger partial charge in [-0.2, -0.15) is 0 Å². The maximum Gasteiger partial charge on any atom is 0.336 e. The first-order chi connectivity index (χ1) is 11.7. The highest BCUT2D eigenvalue weighted by Gasteiger charge is 2.49. The summed E-state index contributed by atoms with van der Waals surface area (Å²) in [6.07, 6.45) is 0. The smallest absolute Gasteiger partial charge is 0.336 e. The summed E-state index contributed by atoms with van der Waals surface area (Å²) in [7, 11) is -0.290. The summed E-state index contributed by atoms with van der Waals surface area (Å²) in [6.45, 7) is 17.7. The van der Waals surface area contributed by atoms with Crippen LogP contribution in [0.2, 0.25) is 29.2 Å². The maximum atomic E-state index is 5.77.